The minimum absolute atomic E-state index is 0.0243. The average Bonchev–Trinajstić information content (AvgIpc) is 1.68. The van der Waals surface area contributed by atoms with Gasteiger partial charge in [0, 0.05) is 0 Å². The van der Waals surface area contributed by atoms with Crippen molar-refractivity contribution in [1.29, 1.82) is 0 Å². The Morgan fingerprint density at radius 3 is 2.71 bits per heavy atom. The van der Waals surface area contributed by atoms with E-state index in [1.807, 2.05) is 0 Å². The van der Waals surface area contributed by atoms with Crippen LogP contribution in [0.3, 0.4) is 0 Å². The lowest BCUT2D eigenvalue weighted by molar-refractivity contribution is -0.546. The second kappa shape index (κ2) is 3.14. The van der Waals surface area contributed by atoms with Crippen LogP contribution in [0.15, 0.2) is 17.9 Å². The molecule has 0 aliphatic carbocycles. The number of nitrogens with zero attached hydrogens (tertiary/aromatic N) is 2. The van der Waals surface area contributed by atoms with Gasteiger partial charge in [-0.3, -0.25) is 0 Å². The molecule has 0 heterocycles. The summed E-state index contributed by atoms with van der Waals surface area (Å²) < 4.78 is 0. The van der Waals surface area contributed by atoms with Crippen LogP contribution in [0.4, 0.5) is 0 Å². The monoisotopic (exact) mass is 102 g/mol. The Morgan fingerprint density at radius 2 is 2.57 bits per heavy atom. The molecule has 0 aromatic rings. The zero-order valence-electron chi connectivity index (χ0n) is 3.74. The van der Waals surface area contributed by atoms with Crippen molar-refractivity contribution >= 4 is 0 Å². The van der Waals surface area contributed by atoms with Crippen molar-refractivity contribution in [3.63, 3.8) is 0 Å². The van der Waals surface area contributed by atoms with E-state index >= 15 is 0 Å². The molecule has 7 heavy (non-hydrogen) atoms. The van der Waals surface area contributed by atoms with Crippen LogP contribution in [0, 0.1) is 5.21 Å². The maximum atomic E-state index is 9.84. The first-order valence-electron chi connectivity index (χ1n) is 1.72. The standard InChI is InChI=1S/C3H6N2O2/c1-2-3-5(7)4-6/h2,6H,1,3H2/b5-4-. The van der Waals surface area contributed by atoms with E-state index in [-0.39, 0.29) is 11.4 Å². The summed E-state index contributed by atoms with van der Waals surface area (Å²) in [6.07, 6.45) is 1.34. The molecule has 1 N–H and O–H groups in total. The molecular weight excluding hydrogens is 96.0 g/mol. The van der Waals surface area contributed by atoms with Crippen molar-refractivity contribution in [2.45, 2.75) is 0 Å². The first kappa shape index (κ1) is 5.94. The van der Waals surface area contributed by atoms with Crippen LogP contribution in [-0.4, -0.2) is 16.6 Å². The zero-order valence-corrected chi connectivity index (χ0v) is 3.74. The van der Waals surface area contributed by atoms with Gasteiger partial charge in [0.1, 0.15) is 0 Å². The van der Waals surface area contributed by atoms with Crippen molar-refractivity contribution in [1.82, 2.24) is 0 Å². The van der Waals surface area contributed by atoms with Crippen LogP contribution < -0.4 is 0 Å². The van der Waals surface area contributed by atoms with Crippen molar-refractivity contribution in [3.8, 4) is 0 Å². The number of hydrogen-bond donors (Lipinski definition) is 1. The average molecular weight is 102 g/mol. The molecule has 0 saturated carbocycles. The molecule has 40 valence electrons. The molecule has 0 fully saturated rings. The molecule has 0 aliphatic heterocycles. The Bertz CT molecular complexity index is 88.9. The van der Waals surface area contributed by atoms with Crippen LogP contribution in [0.5, 0.6) is 0 Å². The highest BCUT2D eigenvalue weighted by atomic mass is 16.6. The van der Waals surface area contributed by atoms with Gasteiger partial charge in [0.2, 0.25) is 6.54 Å². The van der Waals surface area contributed by atoms with Crippen LogP contribution in [-0.2, 0) is 0 Å². The fourth-order valence-electron chi connectivity index (χ4n) is 0.147. The van der Waals surface area contributed by atoms with E-state index in [1.165, 1.54) is 6.08 Å². The minimum Gasteiger partial charge on any atom is -0.597 e. The lowest BCUT2D eigenvalue weighted by Crippen LogP contribution is -1.97. The highest BCUT2D eigenvalue weighted by Crippen LogP contribution is 1.70. The summed E-state index contributed by atoms with van der Waals surface area (Å²) in [6, 6.07) is 0. The predicted octanol–water partition coefficient (Wildman–Crippen LogP) is 0.524. The molecule has 0 aromatic carbocycles. The van der Waals surface area contributed by atoms with E-state index in [0.717, 1.165) is 0 Å². The third-order valence-corrected chi connectivity index (χ3v) is 0.385. The molecule has 0 amide bonds. The quantitative estimate of drug-likeness (QED) is 0.239. The predicted molar refractivity (Wildman–Crippen MR) is 22.9 cm³/mol. The van der Waals surface area contributed by atoms with Gasteiger partial charge in [0.25, 0.3) is 0 Å². The van der Waals surface area contributed by atoms with Crippen LogP contribution in [0.1, 0.15) is 0 Å². The Kier molecular flexibility index (Phi) is 2.67. The van der Waals surface area contributed by atoms with Crippen LogP contribution in [0.25, 0.3) is 0 Å². The van der Waals surface area contributed by atoms with Crippen LogP contribution in [0.2, 0.25) is 0 Å². The Labute approximate surface area is 40.9 Å². The van der Waals surface area contributed by atoms with Crippen molar-refractivity contribution in [2.24, 2.45) is 5.28 Å². The Hall–Kier alpha value is -1.06. The zero-order chi connectivity index (χ0) is 5.70. The summed E-state index contributed by atoms with van der Waals surface area (Å²) in [7, 11) is 0. The molecule has 0 aliphatic rings. The molecule has 4 nitrogen and oxygen atoms in total. The van der Waals surface area contributed by atoms with E-state index in [0.29, 0.717) is 0 Å². The fraction of sp³-hybridized carbons (Fsp3) is 0.333. The van der Waals surface area contributed by atoms with Gasteiger partial charge in [0.15, 0.2) is 5.28 Å². The first-order chi connectivity index (χ1) is 3.31. The van der Waals surface area contributed by atoms with Gasteiger partial charge in [-0.05, 0) is 6.08 Å². The largest absolute Gasteiger partial charge is 0.597 e. The highest BCUT2D eigenvalue weighted by Gasteiger charge is 1.82. The summed E-state index contributed by atoms with van der Waals surface area (Å²) in [6.45, 7) is 3.26. The molecule has 0 rings (SSSR count). The first-order valence-corrected chi connectivity index (χ1v) is 1.72. The topological polar surface area (TPSA) is 58.7 Å². The van der Waals surface area contributed by atoms with E-state index in [4.69, 9.17) is 5.21 Å². The SMILES string of the molecule is C=CC/[N+]([O-])=N/O. The van der Waals surface area contributed by atoms with Gasteiger partial charge in [-0.15, -0.1) is 0 Å². The maximum Gasteiger partial charge on any atom is 0.202 e. The van der Waals surface area contributed by atoms with Crippen molar-refractivity contribution < 1.29 is 10.1 Å². The molecule has 0 radical (unpaired) electrons. The summed E-state index contributed by atoms with van der Waals surface area (Å²) in [5.74, 6) is 0. The van der Waals surface area contributed by atoms with Crippen molar-refractivity contribution in [3.05, 3.63) is 17.9 Å². The summed E-state index contributed by atoms with van der Waals surface area (Å²) in [5.41, 5.74) is 0. The molecule has 0 saturated heterocycles. The van der Waals surface area contributed by atoms with Gasteiger partial charge < -0.3 is 10.4 Å². The minimum atomic E-state index is 0.0243. The molecule has 0 bridgehead atoms. The lowest BCUT2D eigenvalue weighted by Gasteiger charge is -1.88. The van der Waals surface area contributed by atoms with Gasteiger partial charge in [0.05, 0.1) is 0 Å². The highest BCUT2D eigenvalue weighted by molar-refractivity contribution is 4.61. The normalized spacial score (nSPS) is 11.1. The second-order valence-corrected chi connectivity index (χ2v) is 0.913. The van der Waals surface area contributed by atoms with E-state index < -0.39 is 0 Å². The molecular formula is C3H6N2O2. The second-order valence-electron chi connectivity index (χ2n) is 0.913. The van der Waals surface area contributed by atoms with E-state index in [2.05, 4.69) is 11.9 Å². The van der Waals surface area contributed by atoms with E-state index in [9.17, 15) is 5.21 Å². The van der Waals surface area contributed by atoms with Gasteiger partial charge in [-0.25, -0.2) is 0 Å². The third-order valence-electron chi connectivity index (χ3n) is 0.385. The summed E-state index contributed by atoms with van der Waals surface area (Å²) in [5, 5.41) is 19.8. The lowest BCUT2D eigenvalue weighted by atomic mass is 10.7. The summed E-state index contributed by atoms with van der Waals surface area (Å²) >= 11 is 0. The number of hydrogen-bond acceptors (Lipinski definition) is 2. The van der Waals surface area contributed by atoms with Crippen molar-refractivity contribution in [2.75, 3.05) is 6.54 Å². The number of hydroxylamine groups is 1. The Morgan fingerprint density at radius 1 is 2.00 bits per heavy atom. The van der Waals surface area contributed by atoms with E-state index in [1.54, 1.807) is 0 Å². The molecule has 0 aromatic heterocycles. The Balaban J connectivity index is 3.36. The maximum absolute atomic E-state index is 9.84. The number of rotatable bonds is 2. The molecule has 0 spiro atoms. The van der Waals surface area contributed by atoms with Gasteiger partial charge in [-0.2, -0.15) is 0 Å². The smallest absolute Gasteiger partial charge is 0.202 e. The fourth-order valence-corrected chi connectivity index (χ4v) is 0.147. The summed E-state index contributed by atoms with van der Waals surface area (Å²) in [4.78, 5) is 0.118. The van der Waals surface area contributed by atoms with Gasteiger partial charge >= 0.3 is 0 Å². The molecule has 0 atom stereocenters. The third kappa shape index (κ3) is 2.75. The molecule has 4 heteroatoms. The van der Waals surface area contributed by atoms with Gasteiger partial charge in [-0.1, -0.05) is 11.4 Å². The molecule has 0 unspecified atom stereocenters. The van der Waals surface area contributed by atoms with Crippen LogP contribution >= 0.6 is 0 Å².